The summed E-state index contributed by atoms with van der Waals surface area (Å²) in [5, 5.41) is 8.36. The fourth-order valence-corrected chi connectivity index (χ4v) is 3.00. The molecular formula is C18H28N4O2. The lowest BCUT2D eigenvalue weighted by Gasteiger charge is -2.35. The van der Waals surface area contributed by atoms with Crippen LogP contribution in [0.4, 0.5) is 4.79 Å². The van der Waals surface area contributed by atoms with Gasteiger partial charge in [-0.05, 0) is 24.9 Å². The van der Waals surface area contributed by atoms with Crippen molar-refractivity contribution in [2.75, 3.05) is 26.2 Å². The number of hydrogen-bond donors (Lipinski definition) is 3. The van der Waals surface area contributed by atoms with Crippen LogP contribution in [-0.2, 0) is 11.3 Å². The quantitative estimate of drug-likeness (QED) is 0.662. The summed E-state index contributed by atoms with van der Waals surface area (Å²) in [6.45, 7) is 5.00. The van der Waals surface area contributed by atoms with Gasteiger partial charge in [0.2, 0.25) is 5.91 Å². The number of carbonyl (C=O) groups is 2. The third-order valence-corrected chi connectivity index (χ3v) is 4.26. The Labute approximate surface area is 144 Å². The predicted molar refractivity (Wildman–Crippen MR) is 94.6 cm³/mol. The van der Waals surface area contributed by atoms with Crippen molar-refractivity contribution in [3.63, 3.8) is 0 Å². The Hall–Kier alpha value is -2.08. The summed E-state index contributed by atoms with van der Waals surface area (Å²) in [4.78, 5) is 25.1. The summed E-state index contributed by atoms with van der Waals surface area (Å²) in [5.41, 5.74) is 1.31. The molecule has 1 aliphatic heterocycles. The molecule has 0 aromatic heterocycles. The third kappa shape index (κ3) is 6.58. The summed E-state index contributed by atoms with van der Waals surface area (Å²) in [6.07, 6.45) is 3.53. The summed E-state index contributed by atoms with van der Waals surface area (Å²) < 4.78 is 0. The lowest BCUT2D eigenvalue weighted by atomic mass is 10.0. The summed E-state index contributed by atoms with van der Waals surface area (Å²) in [7, 11) is 0. The smallest absolute Gasteiger partial charge is 0.314 e. The molecule has 0 bridgehead atoms. The van der Waals surface area contributed by atoms with E-state index in [-0.39, 0.29) is 11.9 Å². The fraction of sp³-hybridized carbons (Fsp3) is 0.556. The maximum atomic E-state index is 11.8. The van der Waals surface area contributed by atoms with Gasteiger partial charge in [0.05, 0.1) is 0 Å². The average Bonchev–Trinajstić information content (AvgIpc) is 2.59. The van der Waals surface area contributed by atoms with Gasteiger partial charge in [-0.1, -0.05) is 36.8 Å². The van der Waals surface area contributed by atoms with Crippen LogP contribution in [-0.4, -0.2) is 49.1 Å². The van der Waals surface area contributed by atoms with E-state index in [2.05, 4.69) is 45.1 Å². The van der Waals surface area contributed by atoms with Gasteiger partial charge in [-0.2, -0.15) is 0 Å². The number of nitrogens with zero attached hydrogens (tertiary/aromatic N) is 1. The first-order valence-corrected chi connectivity index (χ1v) is 8.69. The highest BCUT2D eigenvalue weighted by atomic mass is 16.2. The van der Waals surface area contributed by atoms with E-state index >= 15 is 0 Å². The molecule has 1 aliphatic rings. The zero-order chi connectivity index (χ0) is 17.2. The van der Waals surface area contributed by atoms with E-state index in [1.54, 1.807) is 0 Å². The Morgan fingerprint density at radius 2 is 1.83 bits per heavy atom. The van der Waals surface area contributed by atoms with Crippen molar-refractivity contribution in [2.24, 2.45) is 0 Å². The number of nitrogens with one attached hydrogen (secondary N) is 3. The number of amides is 3. The summed E-state index contributed by atoms with van der Waals surface area (Å²) >= 11 is 0. The summed E-state index contributed by atoms with van der Waals surface area (Å²) in [5.74, 6) is -0.0871. The van der Waals surface area contributed by atoms with Gasteiger partial charge in [0.15, 0.2) is 0 Å². The molecule has 3 amide bonds. The van der Waals surface area contributed by atoms with Crippen molar-refractivity contribution in [1.29, 1.82) is 0 Å². The maximum absolute atomic E-state index is 11.8. The Bertz CT molecular complexity index is 521. The van der Waals surface area contributed by atoms with Gasteiger partial charge in [-0.3, -0.25) is 9.69 Å². The lowest BCUT2D eigenvalue weighted by Crippen LogP contribution is -2.49. The molecule has 0 unspecified atom stereocenters. The monoisotopic (exact) mass is 332 g/mol. The molecule has 1 aromatic rings. The third-order valence-electron chi connectivity index (χ3n) is 4.26. The van der Waals surface area contributed by atoms with Crippen LogP contribution in [0.3, 0.4) is 0 Å². The molecule has 6 heteroatoms. The largest absolute Gasteiger partial charge is 0.355 e. The van der Waals surface area contributed by atoms with Gasteiger partial charge in [-0.15, -0.1) is 0 Å². The number of hydrogen-bond acceptors (Lipinski definition) is 3. The first-order chi connectivity index (χ1) is 11.6. The first-order valence-electron chi connectivity index (χ1n) is 8.69. The molecule has 0 spiro atoms. The molecular weight excluding hydrogens is 304 g/mol. The fourth-order valence-electron chi connectivity index (χ4n) is 3.00. The number of benzene rings is 1. The molecule has 0 saturated carbocycles. The number of urea groups is 1. The highest BCUT2D eigenvalue weighted by Gasteiger charge is 2.22. The highest BCUT2D eigenvalue weighted by Crippen LogP contribution is 2.19. The van der Waals surface area contributed by atoms with Crippen LogP contribution in [0.15, 0.2) is 30.3 Å². The molecule has 3 N–H and O–H groups in total. The minimum absolute atomic E-state index is 0.0871. The van der Waals surface area contributed by atoms with Crippen LogP contribution in [0.25, 0.3) is 0 Å². The van der Waals surface area contributed by atoms with Gasteiger partial charge >= 0.3 is 6.03 Å². The van der Waals surface area contributed by atoms with Crippen molar-refractivity contribution >= 4 is 11.9 Å². The zero-order valence-electron chi connectivity index (χ0n) is 14.4. The second-order valence-corrected chi connectivity index (χ2v) is 6.23. The van der Waals surface area contributed by atoms with Crippen molar-refractivity contribution in [3.8, 4) is 0 Å². The van der Waals surface area contributed by atoms with Crippen molar-refractivity contribution in [3.05, 3.63) is 35.9 Å². The van der Waals surface area contributed by atoms with Gasteiger partial charge < -0.3 is 16.0 Å². The van der Waals surface area contributed by atoms with Crippen LogP contribution in [0.5, 0.6) is 0 Å². The van der Waals surface area contributed by atoms with E-state index in [9.17, 15) is 9.59 Å². The van der Waals surface area contributed by atoms with Crippen molar-refractivity contribution in [2.45, 2.75) is 38.8 Å². The minimum Gasteiger partial charge on any atom is -0.355 e. The number of carbonyl (C=O) groups excluding carboxylic acids is 2. The van der Waals surface area contributed by atoms with E-state index in [0.29, 0.717) is 25.7 Å². The molecule has 24 heavy (non-hydrogen) atoms. The molecule has 0 aliphatic carbocycles. The van der Waals surface area contributed by atoms with E-state index < -0.39 is 0 Å². The predicted octanol–water partition coefficient (Wildman–Crippen LogP) is 1.48. The zero-order valence-corrected chi connectivity index (χ0v) is 14.4. The Kier molecular flexibility index (Phi) is 7.55. The van der Waals surface area contributed by atoms with Crippen molar-refractivity contribution < 1.29 is 9.59 Å². The van der Waals surface area contributed by atoms with E-state index in [1.807, 2.05) is 6.07 Å². The molecule has 6 nitrogen and oxygen atoms in total. The van der Waals surface area contributed by atoms with Gasteiger partial charge in [-0.25, -0.2) is 4.79 Å². The Morgan fingerprint density at radius 3 is 2.58 bits per heavy atom. The van der Waals surface area contributed by atoms with Crippen LogP contribution >= 0.6 is 0 Å². The van der Waals surface area contributed by atoms with Gasteiger partial charge in [0.25, 0.3) is 0 Å². The molecule has 132 valence electrons. The van der Waals surface area contributed by atoms with E-state index in [1.165, 1.54) is 25.3 Å². The van der Waals surface area contributed by atoms with Crippen LogP contribution in [0.2, 0.25) is 0 Å². The van der Waals surface area contributed by atoms with Gasteiger partial charge in [0, 0.05) is 39.1 Å². The number of rotatable bonds is 7. The number of piperidine rings is 1. The minimum atomic E-state index is -0.175. The highest BCUT2D eigenvalue weighted by molar-refractivity contribution is 5.74. The molecule has 1 atom stereocenters. The molecule has 1 saturated heterocycles. The Morgan fingerprint density at radius 1 is 1.08 bits per heavy atom. The van der Waals surface area contributed by atoms with Crippen LogP contribution < -0.4 is 16.0 Å². The van der Waals surface area contributed by atoms with Crippen LogP contribution in [0.1, 0.15) is 31.7 Å². The van der Waals surface area contributed by atoms with E-state index in [4.69, 9.17) is 0 Å². The second kappa shape index (κ2) is 9.93. The molecule has 0 radical (unpaired) electrons. The molecule has 1 heterocycles. The van der Waals surface area contributed by atoms with Crippen molar-refractivity contribution in [1.82, 2.24) is 20.9 Å². The molecule has 1 fully saturated rings. The number of likely N-dealkylation sites (tertiary alicyclic amines) is 1. The van der Waals surface area contributed by atoms with Crippen LogP contribution in [0, 0.1) is 0 Å². The maximum Gasteiger partial charge on any atom is 0.314 e. The standard InChI is InChI=1S/C18H28N4O2/c1-15(23)19-10-11-20-18(24)21-13-17-9-5-6-12-22(17)14-16-7-3-2-4-8-16/h2-4,7-8,17H,5-6,9-14H2,1H3,(H,19,23)(H2,20,21,24)/t17-/m1/s1. The average molecular weight is 332 g/mol. The SMILES string of the molecule is CC(=O)NCCNC(=O)NC[C@H]1CCCCN1Cc1ccccc1. The second-order valence-electron chi connectivity index (χ2n) is 6.23. The topological polar surface area (TPSA) is 73.5 Å². The summed E-state index contributed by atoms with van der Waals surface area (Å²) in [6, 6.07) is 10.7. The van der Waals surface area contributed by atoms with Gasteiger partial charge in [0.1, 0.15) is 0 Å². The molecule has 2 rings (SSSR count). The normalized spacial score (nSPS) is 18.0. The Balaban J connectivity index is 1.72. The lowest BCUT2D eigenvalue weighted by molar-refractivity contribution is -0.118. The molecule has 1 aromatic carbocycles. The van der Waals surface area contributed by atoms with E-state index in [0.717, 1.165) is 19.5 Å². The first kappa shape index (κ1) is 18.3.